The van der Waals surface area contributed by atoms with Crippen LogP contribution in [0.1, 0.15) is 33.5 Å². The number of ketones is 1. The fraction of sp³-hybridized carbons (Fsp3) is 0.632. The van der Waals surface area contributed by atoms with Gasteiger partial charge in [-0.2, -0.15) is 0 Å². The van der Waals surface area contributed by atoms with Crippen LogP contribution in [-0.2, 0) is 4.79 Å². The van der Waals surface area contributed by atoms with E-state index in [2.05, 4.69) is 11.9 Å². The van der Waals surface area contributed by atoms with E-state index in [-0.39, 0.29) is 1.43 Å². The van der Waals surface area contributed by atoms with E-state index < -0.39 is 0 Å². The van der Waals surface area contributed by atoms with Gasteiger partial charge in [0.15, 0.2) is 11.5 Å². The summed E-state index contributed by atoms with van der Waals surface area (Å²) >= 11 is 0. The van der Waals surface area contributed by atoms with Crippen molar-refractivity contribution in [2.75, 3.05) is 27.8 Å². The number of carbonyl (C=O) groups excluding carboxylic acids is 1. The number of hydrogen-bond donors (Lipinski definition) is 0. The molecule has 2 saturated carbocycles. The second-order valence-electron chi connectivity index (χ2n) is 7.08. The van der Waals surface area contributed by atoms with Crippen LogP contribution in [0.2, 0.25) is 0 Å². The first-order chi connectivity index (χ1) is 11.1. The summed E-state index contributed by atoms with van der Waals surface area (Å²) in [6, 6.07) is 8.13. The maximum Gasteiger partial charge on any atom is 0.160 e. The van der Waals surface area contributed by atoms with Crippen molar-refractivity contribution in [1.29, 1.82) is 0 Å². The van der Waals surface area contributed by atoms with Gasteiger partial charge in [-0.3, -0.25) is 4.79 Å². The Bertz CT molecular complexity index is 550. The molecule has 1 aliphatic heterocycles. The van der Waals surface area contributed by atoms with Crippen molar-refractivity contribution in [2.24, 2.45) is 11.3 Å². The Morgan fingerprint density at radius 2 is 1.78 bits per heavy atom. The molecule has 23 heavy (non-hydrogen) atoms. The molecular formula is C19H29NO3. The van der Waals surface area contributed by atoms with Crippen LogP contribution in [0.15, 0.2) is 24.3 Å². The molecule has 1 aromatic carbocycles. The van der Waals surface area contributed by atoms with Crippen LogP contribution in [0.25, 0.3) is 0 Å². The first kappa shape index (κ1) is 16.3. The highest BCUT2D eigenvalue weighted by molar-refractivity contribution is 5.81. The molecule has 2 aliphatic carbocycles. The largest absolute Gasteiger partial charge is 0.493 e. The van der Waals surface area contributed by atoms with Crippen molar-refractivity contribution in [3.63, 3.8) is 0 Å². The number of Topliss-reactive ketones (excluding diaryl/α,β-unsaturated/α-hetero) is 1. The number of nitrogens with zero attached hydrogens (tertiary/aromatic N) is 1. The summed E-state index contributed by atoms with van der Waals surface area (Å²) in [5, 5.41) is 0. The molecule has 2 unspecified atom stereocenters. The van der Waals surface area contributed by atoms with Crippen LogP contribution >= 0.6 is 0 Å². The summed E-state index contributed by atoms with van der Waals surface area (Å²) in [4.78, 5) is 14.0. The van der Waals surface area contributed by atoms with Gasteiger partial charge in [-0.25, -0.2) is 0 Å². The number of hydrogen-bond acceptors (Lipinski definition) is 4. The third-order valence-corrected chi connectivity index (χ3v) is 5.78. The topological polar surface area (TPSA) is 38.8 Å². The minimum absolute atomic E-state index is 0. The predicted octanol–water partition coefficient (Wildman–Crippen LogP) is 3.40. The molecule has 2 atom stereocenters. The fourth-order valence-electron chi connectivity index (χ4n) is 4.35. The third kappa shape index (κ3) is 3.23. The third-order valence-electron chi connectivity index (χ3n) is 5.78. The van der Waals surface area contributed by atoms with Gasteiger partial charge in [-0.05, 0) is 56.3 Å². The van der Waals surface area contributed by atoms with Crippen molar-refractivity contribution in [1.82, 2.24) is 4.90 Å². The van der Waals surface area contributed by atoms with Gasteiger partial charge in [-0.1, -0.05) is 12.1 Å². The summed E-state index contributed by atoms with van der Waals surface area (Å²) < 4.78 is 10.0. The fourth-order valence-corrected chi connectivity index (χ4v) is 4.35. The van der Waals surface area contributed by atoms with E-state index in [1.807, 2.05) is 24.3 Å². The van der Waals surface area contributed by atoms with Gasteiger partial charge in [0.2, 0.25) is 0 Å². The average molecular weight is 319 g/mol. The van der Waals surface area contributed by atoms with Crippen LogP contribution in [0.5, 0.6) is 11.5 Å². The zero-order chi connectivity index (χ0) is 16.4. The molecule has 1 saturated heterocycles. The highest BCUT2D eigenvalue weighted by Gasteiger charge is 2.58. The molecule has 1 aromatic rings. The Morgan fingerprint density at radius 1 is 1.17 bits per heavy atom. The average Bonchev–Trinajstić information content (AvgIpc) is 3.23. The van der Waals surface area contributed by atoms with E-state index >= 15 is 0 Å². The molecule has 4 nitrogen and oxygen atoms in total. The first-order valence-electron chi connectivity index (χ1n) is 8.48. The second-order valence-corrected chi connectivity index (χ2v) is 7.08. The molecule has 0 N–H and O–H groups in total. The lowest BCUT2D eigenvalue weighted by Crippen LogP contribution is -2.40. The van der Waals surface area contributed by atoms with Gasteiger partial charge < -0.3 is 14.4 Å². The van der Waals surface area contributed by atoms with Crippen LogP contribution in [0, 0.1) is 11.3 Å². The maximum atomic E-state index is 11.6. The normalized spacial score (nSPS) is 27.9. The number of likely N-dealkylation sites (tertiary alicyclic amines) is 1. The monoisotopic (exact) mass is 319 g/mol. The predicted molar refractivity (Wildman–Crippen MR) is 92.1 cm³/mol. The van der Waals surface area contributed by atoms with Crippen molar-refractivity contribution in [3.8, 4) is 11.5 Å². The lowest BCUT2D eigenvalue weighted by Gasteiger charge is -2.35. The summed E-state index contributed by atoms with van der Waals surface area (Å²) in [7, 11) is 5.43. The van der Waals surface area contributed by atoms with Gasteiger partial charge in [0, 0.05) is 20.3 Å². The number of rotatable bonds is 2. The zero-order valence-electron chi connectivity index (χ0n) is 14.4. The number of benzene rings is 1. The molecule has 3 fully saturated rings. The van der Waals surface area contributed by atoms with E-state index in [0.29, 0.717) is 17.2 Å². The molecule has 128 valence electrons. The smallest absolute Gasteiger partial charge is 0.160 e. The van der Waals surface area contributed by atoms with Gasteiger partial charge in [0.05, 0.1) is 14.2 Å². The number of methoxy groups -OCH3 is 2. The highest BCUT2D eigenvalue weighted by Crippen LogP contribution is 2.61. The Hall–Kier alpha value is -1.55. The molecule has 1 heterocycles. The van der Waals surface area contributed by atoms with Gasteiger partial charge >= 0.3 is 0 Å². The van der Waals surface area contributed by atoms with Gasteiger partial charge in [-0.15, -0.1) is 0 Å². The molecule has 1 spiro atoms. The molecule has 0 aromatic heterocycles. The number of para-hydroxylation sites is 2. The van der Waals surface area contributed by atoms with Crippen LogP contribution in [0.3, 0.4) is 0 Å². The first-order valence-corrected chi connectivity index (χ1v) is 8.48. The van der Waals surface area contributed by atoms with E-state index in [4.69, 9.17) is 9.47 Å². The molecule has 4 heteroatoms. The van der Waals surface area contributed by atoms with Crippen LogP contribution in [-0.4, -0.2) is 44.5 Å². The summed E-state index contributed by atoms with van der Waals surface area (Å²) in [5.41, 5.74) is 0.491. The van der Waals surface area contributed by atoms with Crippen LogP contribution < -0.4 is 9.47 Å². The minimum Gasteiger partial charge on any atom is -0.493 e. The lowest BCUT2D eigenvalue weighted by molar-refractivity contribution is -0.124. The summed E-state index contributed by atoms with van der Waals surface area (Å²) in [5.74, 6) is 2.91. The quantitative estimate of drug-likeness (QED) is 0.837. The Balaban J connectivity index is 0.000000173. The Labute approximate surface area is 140 Å². The van der Waals surface area contributed by atoms with Gasteiger partial charge in [0.1, 0.15) is 5.78 Å². The Morgan fingerprint density at radius 3 is 2.30 bits per heavy atom. The van der Waals surface area contributed by atoms with Crippen molar-refractivity contribution in [3.05, 3.63) is 24.3 Å². The van der Waals surface area contributed by atoms with E-state index in [9.17, 15) is 4.79 Å². The van der Waals surface area contributed by atoms with E-state index in [1.54, 1.807) is 14.2 Å². The molecule has 0 bridgehead atoms. The number of carbonyl (C=O) groups is 1. The van der Waals surface area contributed by atoms with Crippen molar-refractivity contribution < 1.29 is 15.7 Å². The standard InChI is InChI=1S/C11H17NO.C8H10O2.H2/c1-12-5-2-9-10(12)6-8(13)7-11(9)3-4-11;1-9-7-5-3-4-6-8(7)10-2;/h9-10H,2-7H2,1H3;3-6H,1-2H3;1H. The summed E-state index contributed by atoms with van der Waals surface area (Å²) in [6.45, 7) is 1.21. The number of ether oxygens (including phenoxy) is 2. The molecule has 4 rings (SSSR count). The zero-order valence-corrected chi connectivity index (χ0v) is 14.4. The SMILES string of the molecule is CN1CCC2C1CC(=O)CC21CC1.COc1ccccc1OC.[HH]. The summed E-state index contributed by atoms with van der Waals surface area (Å²) in [6.07, 6.45) is 5.74. The molecular weight excluding hydrogens is 290 g/mol. The maximum absolute atomic E-state index is 11.6. The minimum atomic E-state index is 0. The van der Waals surface area contributed by atoms with Crippen LogP contribution in [0.4, 0.5) is 0 Å². The Kier molecular flexibility index (Phi) is 4.62. The van der Waals surface area contributed by atoms with Crippen molar-refractivity contribution >= 4 is 5.78 Å². The lowest BCUT2D eigenvalue weighted by atomic mass is 9.73. The number of fused-ring (bicyclic) bond motifs is 2. The second kappa shape index (κ2) is 6.52. The van der Waals surface area contributed by atoms with E-state index in [0.717, 1.165) is 30.3 Å². The molecule has 0 amide bonds. The highest BCUT2D eigenvalue weighted by atomic mass is 16.5. The molecule has 0 radical (unpaired) electrons. The van der Waals surface area contributed by atoms with Crippen molar-refractivity contribution in [2.45, 2.75) is 38.1 Å². The molecule has 3 aliphatic rings. The van der Waals surface area contributed by atoms with E-state index in [1.165, 1.54) is 25.8 Å². The van der Waals surface area contributed by atoms with Gasteiger partial charge in [0.25, 0.3) is 0 Å².